The summed E-state index contributed by atoms with van der Waals surface area (Å²) in [5.41, 5.74) is 2.05. The van der Waals surface area contributed by atoms with Gasteiger partial charge in [-0.15, -0.1) is 0 Å². The van der Waals surface area contributed by atoms with Gasteiger partial charge in [0, 0.05) is 31.2 Å². The lowest BCUT2D eigenvalue weighted by molar-refractivity contribution is 0.0745. The first-order valence-corrected chi connectivity index (χ1v) is 8.18. The molecule has 24 heavy (non-hydrogen) atoms. The average Bonchev–Trinajstić information content (AvgIpc) is 2.92. The standard InChI is InChI=1S/C18H18ClN3O2/c1-12-9-16(13(2)24-12)18(23)22-7-5-21(6-8-22)17-4-3-15(19)10-14(17)11-20/h3-4,9-10H,5-8H2,1-2H3. The van der Waals surface area contributed by atoms with Gasteiger partial charge in [-0.2, -0.15) is 5.26 Å². The Morgan fingerprint density at radius 2 is 1.92 bits per heavy atom. The smallest absolute Gasteiger partial charge is 0.257 e. The minimum atomic E-state index is 0.000567. The molecule has 2 aromatic rings. The molecule has 1 amide bonds. The molecular weight excluding hydrogens is 326 g/mol. The Balaban J connectivity index is 1.71. The van der Waals surface area contributed by atoms with Gasteiger partial charge in [0.1, 0.15) is 17.6 Å². The summed E-state index contributed by atoms with van der Waals surface area (Å²) in [5, 5.41) is 9.84. The lowest BCUT2D eigenvalue weighted by atomic mass is 10.1. The van der Waals surface area contributed by atoms with Gasteiger partial charge in [0.25, 0.3) is 5.91 Å². The van der Waals surface area contributed by atoms with Gasteiger partial charge in [0.2, 0.25) is 0 Å². The van der Waals surface area contributed by atoms with Crippen molar-refractivity contribution in [3.63, 3.8) is 0 Å². The Labute approximate surface area is 146 Å². The minimum absolute atomic E-state index is 0.000567. The number of nitriles is 1. The summed E-state index contributed by atoms with van der Waals surface area (Å²) < 4.78 is 5.45. The van der Waals surface area contributed by atoms with Crippen molar-refractivity contribution in [1.29, 1.82) is 5.26 Å². The molecule has 1 fully saturated rings. The number of hydrogen-bond donors (Lipinski definition) is 0. The summed E-state index contributed by atoms with van der Waals surface area (Å²) in [5.74, 6) is 1.40. The molecule has 0 saturated carbocycles. The van der Waals surface area contributed by atoms with Crippen molar-refractivity contribution < 1.29 is 9.21 Å². The van der Waals surface area contributed by atoms with Crippen molar-refractivity contribution >= 4 is 23.2 Å². The van der Waals surface area contributed by atoms with E-state index >= 15 is 0 Å². The number of aryl methyl sites for hydroxylation is 2. The van der Waals surface area contributed by atoms with Crippen molar-refractivity contribution in [2.75, 3.05) is 31.1 Å². The molecule has 5 nitrogen and oxygen atoms in total. The highest BCUT2D eigenvalue weighted by Gasteiger charge is 2.25. The molecule has 1 aromatic heterocycles. The summed E-state index contributed by atoms with van der Waals surface area (Å²) in [6, 6.07) is 9.29. The van der Waals surface area contributed by atoms with Crippen molar-refractivity contribution in [1.82, 2.24) is 4.90 Å². The van der Waals surface area contributed by atoms with E-state index in [9.17, 15) is 10.1 Å². The first-order chi connectivity index (χ1) is 11.5. The van der Waals surface area contributed by atoms with Gasteiger partial charge >= 0.3 is 0 Å². The van der Waals surface area contributed by atoms with Crippen molar-refractivity contribution in [2.45, 2.75) is 13.8 Å². The summed E-state index contributed by atoms with van der Waals surface area (Å²) in [6.45, 7) is 6.22. The number of carbonyl (C=O) groups excluding carboxylic acids is 1. The fraction of sp³-hybridized carbons (Fsp3) is 0.333. The first kappa shape index (κ1) is 16.4. The largest absolute Gasteiger partial charge is 0.466 e. The van der Waals surface area contributed by atoms with Crippen LogP contribution in [0.3, 0.4) is 0 Å². The van der Waals surface area contributed by atoms with Crippen LogP contribution in [0.2, 0.25) is 5.02 Å². The zero-order valence-electron chi connectivity index (χ0n) is 13.7. The van der Waals surface area contributed by atoms with Crippen LogP contribution in [0.25, 0.3) is 0 Å². The predicted octanol–water partition coefficient (Wildman–Crippen LogP) is 3.38. The van der Waals surface area contributed by atoms with Crippen LogP contribution in [0.5, 0.6) is 0 Å². The Morgan fingerprint density at radius 1 is 1.21 bits per heavy atom. The molecule has 0 aliphatic carbocycles. The Hall–Kier alpha value is -2.45. The van der Waals surface area contributed by atoms with Crippen LogP contribution in [0.1, 0.15) is 27.4 Å². The summed E-state index contributed by atoms with van der Waals surface area (Å²) in [6.07, 6.45) is 0. The predicted molar refractivity (Wildman–Crippen MR) is 92.5 cm³/mol. The summed E-state index contributed by atoms with van der Waals surface area (Å²) in [7, 11) is 0. The topological polar surface area (TPSA) is 60.5 Å². The fourth-order valence-electron chi connectivity index (χ4n) is 3.04. The van der Waals surface area contributed by atoms with Gasteiger partial charge < -0.3 is 14.2 Å². The monoisotopic (exact) mass is 343 g/mol. The molecule has 1 aliphatic rings. The number of amides is 1. The SMILES string of the molecule is Cc1cc(C(=O)N2CCN(c3ccc(Cl)cc3C#N)CC2)c(C)o1. The Bertz CT molecular complexity index is 814. The molecule has 0 N–H and O–H groups in total. The molecule has 1 aliphatic heterocycles. The minimum Gasteiger partial charge on any atom is -0.466 e. The average molecular weight is 344 g/mol. The number of nitrogens with zero attached hydrogens (tertiary/aromatic N) is 3. The van der Waals surface area contributed by atoms with Gasteiger partial charge in [-0.1, -0.05) is 11.6 Å². The first-order valence-electron chi connectivity index (χ1n) is 7.80. The molecule has 0 spiro atoms. The number of halogens is 1. The van der Waals surface area contributed by atoms with Gasteiger partial charge in [-0.25, -0.2) is 0 Å². The number of anilines is 1. The van der Waals surface area contributed by atoms with E-state index < -0.39 is 0 Å². The molecule has 0 atom stereocenters. The van der Waals surface area contributed by atoms with Crippen molar-refractivity contribution in [3.05, 3.63) is 51.9 Å². The maximum Gasteiger partial charge on any atom is 0.257 e. The normalized spacial score (nSPS) is 14.6. The summed E-state index contributed by atoms with van der Waals surface area (Å²) >= 11 is 5.95. The number of piperazine rings is 1. The third kappa shape index (κ3) is 3.10. The van der Waals surface area contributed by atoms with E-state index in [-0.39, 0.29) is 5.91 Å². The van der Waals surface area contributed by atoms with Crippen LogP contribution in [0.4, 0.5) is 5.69 Å². The molecule has 1 aromatic carbocycles. The zero-order chi connectivity index (χ0) is 17.3. The van der Waals surface area contributed by atoms with Crippen LogP contribution in [-0.4, -0.2) is 37.0 Å². The van der Waals surface area contributed by atoms with E-state index in [0.717, 1.165) is 11.4 Å². The van der Waals surface area contributed by atoms with E-state index in [1.54, 1.807) is 18.2 Å². The van der Waals surface area contributed by atoms with E-state index in [0.29, 0.717) is 48.1 Å². The third-order valence-electron chi connectivity index (χ3n) is 4.26. The maximum atomic E-state index is 12.6. The Morgan fingerprint density at radius 3 is 2.50 bits per heavy atom. The molecule has 3 rings (SSSR count). The van der Waals surface area contributed by atoms with Gasteiger partial charge in [0.05, 0.1) is 16.8 Å². The number of hydrogen-bond acceptors (Lipinski definition) is 4. The lowest BCUT2D eigenvalue weighted by Gasteiger charge is -2.36. The summed E-state index contributed by atoms with van der Waals surface area (Å²) in [4.78, 5) is 16.6. The van der Waals surface area contributed by atoms with E-state index in [1.165, 1.54) is 0 Å². The second kappa shape index (κ2) is 6.58. The molecular formula is C18H18ClN3O2. The molecule has 2 heterocycles. The van der Waals surface area contributed by atoms with Crippen molar-refractivity contribution in [3.8, 4) is 6.07 Å². The Kier molecular flexibility index (Phi) is 4.50. The van der Waals surface area contributed by atoms with Crippen LogP contribution in [-0.2, 0) is 0 Å². The second-order valence-corrected chi connectivity index (χ2v) is 6.32. The lowest BCUT2D eigenvalue weighted by Crippen LogP contribution is -2.49. The highest BCUT2D eigenvalue weighted by molar-refractivity contribution is 6.30. The molecule has 0 unspecified atom stereocenters. The number of carbonyl (C=O) groups is 1. The molecule has 6 heteroatoms. The molecule has 0 radical (unpaired) electrons. The van der Waals surface area contributed by atoms with E-state index in [4.69, 9.17) is 16.0 Å². The second-order valence-electron chi connectivity index (χ2n) is 5.88. The maximum absolute atomic E-state index is 12.6. The van der Waals surface area contributed by atoms with E-state index in [1.807, 2.05) is 24.8 Å². The van der Waals surface area contributed by atoms with Crippen LogP contribution < -0.4 is 4.90 Å². The van der Waals surface area contributed by atoms with Crippen molar-refractivity contribution in [2.24, 2.45) is 0 Å². The highest BCUT2D eigenvalue weighted by Crippen LogP contribution is 2.25. The fourth-order valence-corrected chi connectivity index (χ4v) is 3.21. The van der Waals surface area contributed by atoms with Crippen LogP contribution in [0.15, 0.2) is 28.7 Å². The van der Waals surface area contributed by atoms with Gasteiger partial charge in [-0.05, 0) is 38.1 Å². The van der Waals surface area contributed by atoms with E-state index in [2.05, 4.69) is 11.0 Å². The number of rotatable bonds is 2. The molecule has 124 valence electrons. The highest BCUT2D eigenvalue weighted by atomic mass is 35.5. The van der Waals surface area contributed by atoms with Gasteiger partial charge in [-0.3, -0.25) is 4.79 Å². The quantitative estimate of drug-likeness (QED) is 0.838. The number of benzene rings is 1. The molecule has 1 saturated heterocycles. The zero-order valence-corrected chi connectivity index (χ0v) is 14.4. The molecule has 0 bridgehead atoms. The van der Waals surface area contributed by atoms with Gasteiger partial charge in [0.15, 0.2) is 0 Å². The number of furan rings is 1. The third-order valence-corrected chi connectivity index (χ3v) is 4.49. The van der Waals surface area contributed by atoms with Crippen LogP contribution in [0, 0.1) is 25.2 Å². The van der Waals surface area contributed by atoms with Crippen LogP contribution >= 0.6 is 11.6 Å².